The van der Waals surface area contributed by atoms with Crippen molar-refractivity contribution in [3.05, 3.63) is 120 Å². The fourth-order valence-electron chi connectivity index (χ4n) is 5.81. The first-order valence-corrected chi connectivity index (χ1v) is 12.7. The summed E-state index contributed by atoms with van der Waals surface area (Å²) < 4.78 is 12.4. The largest absolute Gasteiger partial charge is 0.456 e. The molecular formula is C34H19ClO2. The van der Waals surface area contributed by atoms with Gasteiger partial charge in [-0.25, -0.2) is 0 Å². The van der Waals surface area contributed by atoms with E-state index in [1.807, 2.05) is 42.5 Å². The van der Waals surface area contributed by atoms with E-state index in [1.165, 1.54) is 16.3 Å². The highest BCUT2D eigenvalue weighted by Crippen LogP contribution is 2.45. The first-order valence-electron chi connectivity index (χ1n) is 12.3. The molecule has 37 heavy (non-hydrogen) atoms. The molecule has 3 heteroatoms. The second kappa shape index (κ2) is 7.73. The van der Waals surface area contributed by atoms with Crippen molar-refractivity contribution in [3.63, 3.8) is 0 Å². The minimum atomic E-state index is 0.616. The molecule has 0 atom stereocenters. The van der Waals surface area contributed by atoms with Gasteiger partial charge in [-0.1, -0.05) is 103 Å². The summed E-state index contributed by atoms with van der Waals surface area (Å²) >= 11 is 6.64. The van der Waals surface area contributed by atoms with Gasteiger partial charge in [-0.15, -0.1) is 0 Å². The van der Waals surface area contributed by atoms with E-state index >= 15 is 0 Å². The minimum Gasteiger partial charge on any atom is -0.456 e. The number of hydrogen-bond acceptors (Lipinski definition) is 2. The van der Waals surface area contributed by atoms with E-state index in [2.05, 4.69) is 72.8 Å². The second-order valence-corrected chi connectivity index (χ2v) is 9.79. The number of para-hydroxylation sites is 2. The van der Waals surface area contributed by atoms with Crippen LogP contribution in [-0.4, -0.2) is 0 Å². The predicted molar refractivity (Wildman–Crippen MR) is 154 cm³/mol. The molecule has 0 saturated carbocycles. The van der Waals surface area contributed by atoms with Gasteiger partial charge in [0.05, 0.1) is 5.02 Å². The zero-order valence-electron chi connectivity index (χ0n) is 19.7. The lowest BCUT2D eigenvalue weighted by Crippen LogP contribution is -1.88. The van der Waals surface area contributed by atoms with Gasteiger partial charge in [0.2, 0.25) is 0 Å². The summed E-state index contributed by atoms with van der Waals surface area (Å²) in [6, 6.07) is 39.8. The third-order valence-electron chi connectivity index (χ3n) is 7.37. The molecule has 8 rings (SSSR count). The Balaban J connectivity index is 1.52. The number of furan rings is 2. The summed E-state index contributed by atoms with van der Waals surface area (Å²) in [6.07, 6.45) is 0. The van der Waals surface area contributed by atoms with E-state index < -0.39 is 0 Å². The molecular weight excluding hydrogens is 476 g/mol. The monoisotopic (exact) mass is 494 g/mol. The van der Waals surface area contributed by atoms with Crippen LogP contribution in [0.15, 0.2) is 124 Å². The first kappa shape index (κ1) is 20.6. The van der Waals surface area contributed by atoms with Gasteiger partial charge in [0, 0.05) is 21.5 Å². The summed E-state index contributed by atoms with van der Waals surface area (Å²) in [5.74, 6) is 0. The molecule has 0 fully saturated rings. The molecule has 0 bridgehead atoms. The quantitative estimate of drug-likeness (QED) is 0.239. The molecule has 0 N–H and O–H groups in total. The SMILES string of the molecule is Clc1ccc(-c2cccc3cccc(-c4cccc5oc6ccccc6c45)c23)c2c1oc1ccccc12. The van der Waals surface area contributed by atoms with Crippen molar-refractivity contribution in [2.75, 3.05) is 0 Å². The van der Waals surface area contributed by atoms with Crippen LogP contribution in [0, 0.1) is 0 Å². The maximum atomic E-state index is 6.64. The number of fused-ring (bicyclic) bond motifs is 7. The van der Waals surface area contributed by atoms with Crippen molar-refractivity contribution in [2.45, 2.75) is 0 Å². The van der Waals surface area contributed by atoms with Crippen LogP contribution < -0.4 is 0 Å². The van der Waals surface area contributed by atoms with Crippen molar-refractivity contribution < 1.29 is 8.83 Å². The third kappa shape index (κ3) is 2.94. The summed E-state index contributed by atoms with van der Waals surface area (Å²) in [7, 11) is 0. The Morgan fingerprint density at radius 3 is 1.68 bits per heavy atom. The topological polar surface area (TPSA) is 26.3 Å². The van der Waals surface area contributed by atoms with Crippen LogP contribution in [0.3, 0.4) is 0 Å². The molecule has 0 aliphatic rings. The molecule has 0 saturated heterocycles. The normalized spacial score (nSPS) is 11.9. The molecule has 0 aliphatic heterocycles. The Hall–Kier alpha value is -4.53. The van der Waals surface area contributed by atoms with E-state index in [1.54, 1.807) is 0 Å². The summed E-state index contributed by atoms with van der Waals surface area (Å²) in [6.45, 7) is 0. The van der Waals surface area contributed by atoms with Gasteiger partial charge in [0.1, 0.15) is 16.7 Å². The Labute approximate surface area is 217 Å². The molecule has 0 radical (unpaired) electrons. The van der Waals surface area contributed by atoms with Gasteiger partial charge in [-0.2, -0.15) is 0 Å². The van der Waals surface area contributed by atoms with Crippen molar-refractivity contribution >= 4 is 66.3 Å². The van der Waals surface area contributed by atoms with Crippen LogP contribution in [0.2, 0.25) is 5.02 Å². The predicted octanol–water partition coefficient (Wildman–Crippen LogP) is 10.6. The molecule has 0 amide bonds. The van der Waals surface area contributed by atoms with Crippen LogP contribution in [0.1, 0.15) is 0 Å². The average Bonchev–Trinajstić information content (AvgIpc) is 3.52. The molecule has 2 nitrogen and oxygen atoms in total. The van der Waals surface area contributed by atoms with Crippen molar-refractivity contribution in [1.29, 1.82) is 0 Å². The van der Waals surface area contributed by atoms with E-state index in [4.69, 9.17) is 20.4 Å². The standard InChI is InChI=1S/C34H19ClO2/c35-27-19-18-24(33-26-11-2-4-16-29(26)37-34(27)33)22-13-6-9-20-8-5-12-21(31(20)22)23-14-7-17-30-32(23)25-10-1-3-15-28(25)36-30/h1-19H. The fraction of sp³-hybridized carbons (Fsp3) is 0. The van der Waals surface area contributed by atoms with Crippen LogP contribution in [-0.2, 0) is 0 Å². The van der Waals surface area contributed by atoms with Gasteiger partial charge in [-0.3, -0.25) is 0 Å². The Morgan fingerprint density at radius 1 is 0.405 bits per heavy atom. The van der Waals surface area contributed by atoms with Crippen molar-refractivity contribution in [3.8, 4) is 22.3 Å². The molecule has 2 heterocycles. The fourth-order valence-corrected chi connectivity index (χ4v) is 6.01. The van der Waals surface area contributed by atoms with Gasteiger partial charge in [0.15, 0.2) is 5.58 Å². The van der Waals surface area contributed by atoms with E-state index in [0.717, 1.165) is 60.6 Å². The van der Waals surface area contributed by atoms with E-state index in [9.17, 15) is 0 Å². The van der Waals surface area contributed by atoms with Crippen molar-refractivity contribution in [1.82, 2.24) is 0 Å². The molecule has 0 spiro atoms. The smallest absolute Gasteiger partial charge is 0.154 e. The third-order valence-corrected chi connectivity index (χ3v) is 7.66. The van der Waals surface area contributed by atoms with Gasteiger partial charge in [0.25, 0.3) is 0 Å². The van der Waals surface area contributed by atoms with Crippen LogP contribution in [0.4, 0.5) is 0 Å². The second-order valence-electron chi connectivity index (χ2n) is 9.38. The van der Waals surface area contributed by atoms with Gasteiger partial charge in [-0.05, 0) is 57.3 Å². The van der Waals surface area contributed by atoms with E-state index in [-0.39, 0.29) is 0 Å². The van der Waals surface area contributed by atoms with Gasteiger partial charge >= 0.3 is 0 Å². The maximum Gasteiger partial charge on any atom is 0.154 e. The highest BCUT2D eigenvalue weighted by molar-refractivity contribution is 6.37. The maximum absolute atomic E-state index is 6.64. The number of hydrogen-bond donors (Lipinski definition) is 0. The first-order chi connectivity index (χ1) is 18.3. The van der Waals surface area contributed by atoms with Gasteiger partial charge < -0.3 is 8.83 Å². The molecule has 174 valence electrons. The lowest BCUT2D eigenvalue weighted by molar-refractivity contribution is 0.668. The summed E-state index contributed by atoms with van der Waals surface area (Å²) in [5.41, 5.74) is 7.92. The van der Waals surface area contributed by atoms with Crippen LogP contribution >= 0.6 is 11.6 Å². The zero-order valence-corrected chi connectivity index (χ0v) is 20.4. The molecule has 2 aromatic heterocycles. The Morgan fingerprint density at radius 2 is 0.946 bits per heavy atom. The summed E-state index contributed by atoms with van der Waals surface area (Å²) in [5, 5.41) is 7.34. The molecule has 8 aromatic rings. The Bertz CT molecular complexity index is 2160. The molecule has 6 aromatic carbocycles. The molecule has 0 aliphatic carbocycles. The van der Waals surface area contributed by atoms with E-state index in [0.29, 0.717) is 5.02 Å². The highest BCUT2D eigenvalue weighted by Gasteiger charge is 2.19. The number of benzene rings is 6. The molecule has 0 unspecified atom stereocenters. The van der Waals surface area contributed by atoms with Crippen LogP contribution in [0.5, 0.6) is 0 Å². The van der Waals surface area contributed by atoms with Crippen LogP contribution in [0.25, 0.3) is 76.9 Å². The zero-order chi connectivity index (χ0) is 24.5. The lowest BCUT2D eigenvalue weighted by Gasteiger charge is -2.14. The number of halogens is 1. The highest BCUT2D eigenvalue weighted by atomic mass is 35.5. The lowest BCUT2D eigenvalue weighted by atomic mass is 9.88. The minimum absolute atomic E-state index is 0.616. The average molecular weight is 495 g/mol. The number of rotatable bonds is 2. The Kier molecular flexibility index (Phi) is 4.31. The summed E-state index contributed by atoms with van der Waals surface area (Å²) in [4.78, 5) is 0. The van der Waals surface area contributed by atoms with Crippen molar-refractivity contribution in [2.24, 2.45) is 0 Å².